The van der Waals surface area contributed by atoms with Crippen LogP contribution in [0.2, 0.25) is 0 Å². The fourth-order valence-corrected chi connectivity index (χ4v) is 2.88. The fraction of sp³-hybridized carbons (Fsp3) is 0.625. The second kappa shape index (κ2) is 17.9. The normalized spacial score (nSPS) is 11.5. The van der Waals surface area contributed by atoms with Crippen molar-refractivity contribution >= 4 is 17.7 Å². The molecule has 0 unspecified atom stereocenters. The number of amides is 3. The first-order valence-corrected chi connectivity index (χ1v) is 11.8. The van der Waals surface area contributed by atoms with E-state index < -0.39 is 11.9 Å². The zero-order chi connectivity index (χ0) is 24.3. The van der Waals surface area contributed by atoms with Crippen molar-refractivity contribution in [2.24, 2.45) is 0 Å². The van der Waals surface area contributed by atoms with Crippen LogP contribution in [0.15, 0.2) is 24.3 Å². The number of rotatable bonds is 18. The van der Waals surface area contributed by atoms with Crippen molar-refractivity contribution in [3.05, 3.63) is 29.8 Å². The number of hydrogen-bond acceptors (Lipinski definition) is 6. The van der Waals surface area contributed by atoms with Crippen LogP contribution in [0, 0.1) is 0 Å². The lowest BCUT2D eigenvalue weighted by atomic mass is 10.1. The second-order valence-corrected chi connectivity index (χ2v) is 7.62. The summed E-state index contributed by atoms with van der Waals surface area (Å²) in [6, 6.07) is 5.76. The van der Waals surface area contributed by atoms with Gasteiger partial charge in [0, 0.05) is 25.1 Å². The standard InChI is InChI=1S/C24H39N3O6/c1-3-5-13-25-22(29)12-11-21(24(31)26-14-6-4-2)27-23(30)19-7-9-20(10-8-19)33-18-17-32-16-15-28/h7-10,21,28H,3-6,11-18H2,1-2H3,(H,25,29)(H,26,31)(H,27,30)/t21-/m0/s1. The molecule has 1 atom stereocenters. The smallest absolute Gasteiger partial charge is 0.251 e. The molecule has 9 heteroatoms. The van der Waals surface area contributed by atoms with Crippen LogP contribution < -0.4 is 20.7 Å². The Morgan fingerprint density at radius 2 is 1.61 bits per heavy atom. The van der Waals surface area contributed by atoms with E-state index in [1.807, 2.05) is 13.8 Å². The van der Waals surface area contributed by atoms with Gasteiger partial charge in [0.05, 0.1) is 19.8 Å². The quantitative estimate of drug-likeness (QED) is 0.245. The van der Waals surface area contributed by atoms with Crippen molar-refractivity contribution in [2.75, 3.05) is 39.5 Å². The molecule has 9 nitrogen and oxygen atoms in total. The number of carbonyl (C=O) groups excluding carboxylic acids is 3. The first-order valence-electron chi connectivity index (χ1n) is 11.8. The Morgan fingerprint density at radius 3 is 2.24 bits per heavy atom. The summed E-state index contributed by atoms with van der Waals surface area (Å²) in [7, 11) is 0. The Labute approximate surface area is 196 Å². The molecule has 0 radical (unpaired) electrons. The van der Waals surface area contributed by atoms with Crippen molar-refractivity contribution in [1.29, 1.82) is 0 Å². The van der Waals surface area contributed by atoms with Crippen LogP contribution in [0.25, 0.3) is 0 Å². The van der Waals surface area contributed by atoms with Crippen molar-refractivity contribution in [1.82, 2.24) is 16.0 Å². The number of unbranched alkanes of at least 4 members (excludes halogenated alkanes) is 2. The van der Waals surface area contributed by atoms with Crippen molar-refractivity contribution in [2.45, 2.75) is 58.4 Å². The monoisotopic (exact) mass is 465 g/mol. The first-order chi connectivity index (χ1) is 16.0. The van der Waals surface area contributed by atoms with Gasteiger partial charge >= 0.3 is 0 Å². The molecule has 4 N–H and O–H groups in total. The Balaban J connectivity index is 2.63. The van der Waals surface area contributed by atoms with Gasteiger partial charge in [-0.05, 0) is 43.5 Å². The Kier molecular flexibility index (Phi) is 15.4. The summed E-state index contributed by atoms with van der Waals surface area (Å²) in [6.07, 6.45) is 4.05. The van der Waals surface area contributed by atoms with Gasteiger partial charge in [-0.25, -0.2) is 0 Å². The van der Waals surface area contributed by atoms with Crippen molar-refractivity contribution < 1.29 is 29.0 Å². The van der Waals surface area contributed by atoms with Gasteiger partial charge in [-0.15, -0.1) is 0 Å². The van der Waals surface area contributed by atoms with Crippen LogP contribution >= 0.6 is 0 Å². The average Bonchev–Trinajstić information content (AvgIpc) is 2.82. The molecule has 0 aromatic heterocycles. The van der Waals surface area contributed by atoms with Gasteiger partial charge in [0.15, 0.2) is 0 Å². The topological polar surface area (TPSA) is 126 Å². The molecule has 1 aromatic carbocycles. The highest BCUT2D eigenvalue weighted by molar-refractivity contribution is 5.97. The van der Waals surface area contributed by atoms with Crippen LogP contribution in [-0.2, 0) is 14.3 Å². The molecular weight excluding hydrogens is 426 g/mol. The zero-order valence-corrected chi connectivity index (χ0v) is 19.9. The summed E-state index contributed by atoms with van der Waals surface area (Å²) < 4.78 is 10.6. The van der Waals surface area contributed by atoms with E-state index in [0.29, 0.717) is 37.6 Å². The molecular formula is C24H39N3O6. The maximum Gasteiger partial charge on any atom is 0.251 e. The summed E-state index contributed by atoms with van der Waals surface area (Å²) in [4.78, 5) is 37.4. The number of carbonyl (C=O) groups is 3. The Morgan fingerprint density at radius 1 is 0.939 bits per heavy atom. The predicted octanol–water partition coefficient (Wildman–Crippen LogP) is 1.79. The van der Waals surface area contributed by atoms with Gasteiger partial charge in [-0.2, -0.15) is 0 Å². The molecule has 0 spiro atoms. The zero-order valence-electron chi connectivity index (χ0n) is 19.9. The van der Waals surface area contributed by atoms with Gasteiger partial charge in [-0.3, -0.25) is 14.4 Å². The SMILES string of the molecule is CCCCNC(=O)CC[C@H](NC(=O)c1ccc(OCCOCCO)cc1)C(=O)NCCCC. The van der Waals surface area contributed by atoms with E-state index in [1.54, 1.807) is 24.3 Å². The van der Waals surface area contributed by atoms with Crippen molar-refractivity contribution in [3.8, 4) is 5.75 Å². The maximum atomic E-state index is 12.7. The molecule has 186 valence electrons. The van der Waals surface area contributed by atoms with Gasteiger partial charge in [0.2, 0.25) is 11.8 Å². The van der Waals surface area contributed by atoms with Crippen LogP contribution in [0.5, 0.6) is 5.75 Å². The molecule has 3 amide bonds. The molecule has 0 fully saturated rings. The largest absolute Gasteiger partial charge is 0.491 e. The Bertz CT molecular complexity index is 696. The van der Waals surface area contributed by atoms with Gasteiger partial charge in [0.25, 0.3) is 5.91 Å². The molecule has 1 rings (SSSR count). The van der Waals surface area contributed by atoms with E-state index in [-0.39, 0.29) is 37.9 Å². The second-order valence-electron chi connectivity index (χ2n) is 7.62. The number of benzene rings is 1. The molecule has 0 bridgehead atoms. The van der Waals surface area contributed by atoms with Gasteiger partial charge in [0.1, 0.15) is 18.4 Å². The minimum Gasteiger partial charge on any atom is -0.491 e. The molecule has 33 heavy (non-hydrogen) atoms. The third-order valence-electron chi connectivity index (χ3n) is 4.81. The summed E-state index contributed by atoms with van der Waals surface area (Å²) in [5.41, 5.74) is 0.387. The molecule has 0 saturated carbocycles. The third-order valence-corrected chi connectivity index (χ3v) is 4.81. The first kappa shape index (κ1) is 28.4. The van der Waals surface area contributed by atoms with Crippen LogP contribution in [-0.4, -0.2) is 68.4 Å². The van der Waals surface area contributed by atoms with E-state index in [4.69, 9.17) is 14.6 Å². The van der Waals surface area contributed by atoms with Gasteiger partial charge < -0.3 is 30.5 Å². The molecule has 0 aliphatic carbocycles. The van der Waals surface area contributed by atoms with Crippen molar-refractivity contribution in [3.63, 3.8) is 0 Å². The molecule has 1 aromatic rings. The fourth-order valence-electron chi connectivity index (χ4n) is 2.88. The van der Waals surface area contributed by atoms with Crippen LogP contribution in [0.1, 0.15) is 62.7 Å². The summed E-state index contributed by atoms with van der Waals surface area (Å²) in [6.45, 7) is 6.11. The lowest BCUT2D eigenvalue weighted by Gasteiger charge is -2.18. The molecule has 0 heterocycles. The van der Waals surface area contributed by atoms with Crippen LogP contribution in [0.4, 0.5) is 0 Å². The lowest BCUT2D eigenvalue weighted by molar-refractivity contribution is -0.124. The summed E-state index contributed by atoms with van der Waals surface area (Å²) in [5, 5.41) is 17.1. The number of hydrogen-bond donors (Lipinski definition) is 4. The predicted molar refractivity (Wildman–Crippen MR) is 126 cm³/mol. The highest BCUT2D eigenvalue weighted by Crippen LogP contribution is 2.13. The Hall–Kier alpha value is -2.65. The number of nitrogens with one attached hydrogen (secondary N) is 3. The summed E-state index contributed by atoms with van der Waals surface area (Å²) in [5.74, 6) is -0.235. The highest BCUT2D eigenvalue weighted by atomic mass is 16.5. The third kappa shape index (κ3) is 12.8. The maximum absolute atomic E-state index is 12.7. The van der Waals surface area contributed by atoms with E-state index in [2.05, 4.69) is 16.0 Å². The van der Waals surface area contributed by atoms with E-state index in [0.717, 1.165) is 25.7 Å². The lowest BCUT2D eigenvalue weighted by Crippen LogP contribution is -2.47. The molecule has 0 aliphatic heterocycles. The molecule has 0 aliphatic rings. The number of aliphatic hydroxyl groups excluding tert-OH is 1. The van der Waals surface area contributed by atoms with E-state index >= 15 is 0 Å². The minimum absolute atomic E-state index is 0.0367. The summed E-state index contributed by atoms with van der Waals surface area (Å²) >= 11 is 0. The minimum atomic E-state index is -0.800. The number of aliphatic hydroxyl groups is 1. The highest BCUT2D eigenvalue weighted by Gasteiger charge is 2.22. The average molecular weight is 466 g/mol. The van der Waals surface area contributed by atoms with Gasteiger partial charge in [-0.1, -0.05) is 26.7 Å². The van der Waals surface area contributed by atoms with Crippen LogP contribution in [0.3, 0.4) is 0 Å². The number of ether oxygens (including phenoxy) is 2. The van der Waals surface area contributed by atoms with E-state index in [9.17, 15) is 14.4 Å². The van der Waals surface area contributed by atoms with E-state index in [1.165, 1.54) is 0 Å². The molecule has 0 saturated heterocycles.